The third kappa shape index (κ3) is 4.70. The fourth-order valence-electron chi connectivity index (χ4n) is 2.53. The van der Waals surface area contributed by atoms with Gasteiger partial charge in [0.15, 0.2) is 6.10 Å². The number of nitrogens with zero attached hydrogens (tertiary/aromatic N) is 3. The minimum atomic E-state index is -0.594. The van der Waals surface area contributed by atoms with E-state index < -0.39 is 6.10 Å². The summed E-state index contributed by atoms with van der Waals surface area (Å²) in [5, 5.41) is 11.4. The number of rotatable bonds is 5. The smallest absolute Gasteiger partial charge is 0.263 e. The van der Waals surface area contributed by atoms with Crippen LogP contribution >= 0.6 is 0 Å². The molecule has 1 heterocycles. The number of hydrogen-bond acceptors (Lipinski definition) is 5. The molecule has 2 amide bonds. The largest absolute Gasteiger partial charge is 0.481 e. The highest BCUT2D eigenvalue weighted by molar-refractivity contribution is 5.81. The quantitative estimate of drug-likeness (QED) is 0.834. The molecule has 0 bridgehead atoms. The molecule has 0 aliphatic carbocycles. The Kier molecular flexibility index (Phi) is 6.15. The Hall–Kier alpha value is -2.59. The van der Waals surface area contributed by atoms with Gasteiger partial charge in [-0.1, -0.05) is 0 Å². The topological polar surface area (TPSA) is 85.7 Å². The second-order valence-corrected chi connectivity index (χ2v) is 5.67. The SMILES string of the molecule is CNC(=O)CN1CCN(C(=O)[C@H](C)Oc2ccc(C#N)cc2)CC1. The summed E-state index contributed by atoms with van der Waals surface area (Å²) in [6, 6.07) is 8.72. The Labute approximate surface area is 141 Å². The fraction of sp³-hybridized carbons (Fsp3) is 0.471. The summed E-state index contributed by atoms with van der Waals surface area (Å²) >= 11 is 0. The molecule has 0 saturated carbocycles. The van der Waals surface area contributed by atoms with E-state index in [1.807, 2.05) is 11.0 Å². The minimum absolute atomic E-state index is 0.0210. The third-order valence-electron chi connectivity index (χ3n) is 3.97. The summed E-state index contributed by atoms with van der Waals surface area (Å²) in [5.74, 6) is 0.472. The van der Waals surface area contributed by atoms with Crippen LogP contribution in [0.5, 0.6) is 5.75 Å². The molecule has 0 unspecified atom stereocenters. The molecule has 2 rings (SSSR count). The van der Waals surface area contributed by atoms with Gasteiger partial charge in [0.05, 0.1) is 18.2 Å². The van der Waals surface area contributed by atoms with Crippen molar-refractivity contribution >= 4 is 11.8 Å². The highest BCUT2D eigenvalue weighted by atomic mass is 16.5. The number of amides is 2. The van der Waals surface area contributed by atoms with Crippen LogP contribution in [0.2, 0.25) is 0 Å². The van der Waals surface area contributed by atoms with E-state index in [2.05, 4.69) is 5.32 Å². The van der Waals surface area contributed by atoms with Crippen molar-refractivity contribution in [3.05, 3.63) is 29.8 Å². The lowest BCUT2D eigenvalue weighted by atomic mass is 10.2. The van der Waals surface area contributed by atoms with Crippen molar-refractivity contribution < 1.29 is 14.3 Å². The molecule has 1 aliphatic rings. The van der Waals surface area contributed by atoms with Gasteiger partial charge in [-0.05, 0) is 31.2 Å². The molecule has 7 nitrogen and oxygen atoms in total. The summed E-state index contributed by atoms with van der Waals surface area (Å²) in [6.07, 6.45) is -0.594. The Morgan fingerprint density at radius 3 is 2.42 bits per heavy atom. The van der Waals surface area contributed by atoms with Gasteiger partial charge in [0.1, 0.15) is 5.75 Å². The molecular weight excluding hydrogens is 308 g/mol. The Bertz CT molecular complexity index is 616. The molecule has 1 aromatic carbocycles. The van der Waals surface area contributed by atoms with Gasteiger partial charge < -0.3 is 15.0 Å². The van der Waals surface area contributed by atoms with E-state index in [4.69, 9.17) is 10.00 Å². The Morgan fingerprint density at radius 2 is 1.88 bits per heavy atom. The zero-order valence-corrected chi connectivity index (χ0v) is 14.0. The zero-order chi connectivity index (χ0) is 17.5. The summed E-state index contributed by atoms with van der Waals surface area (Å²) in [4.78, 5) is 27.6. The first kappa shape index (κ1) is 17.8. The first-order valence-corrected chi connectivity index (χ1v) is 7.92. The fourth-order valence-corrected chi connectivity index (χ4v) is 2.53. The van der Waals surface area contributed by atoms with Crippen LogP contribution in [0.4, 0.5) is 0 Å². The lowest BCUT2D eigenvalue weighted by Gasteiger charge is -2.35. The highest BCUT2D eigenvalue weighted by Gasteiger charge is 2.26. The van der Waals surface area contributed by atoms with Crippen LogP contribution in [0.15, 0.2) is 24.3 Å². The maximum atomic E-state index is 12.5. The average Bonchev–Trinajstić information content (AvgIpc) is 2.62. The molecule has 1 N–H and O–H groups in total. The van der Waals surface area contributed by atoms with Gasteiger partial charge in [0.2, 0.25) is 5.91 Å². The summed E-state index contributed by atoms with van der Waals surface area (Å²) in [5.41, 5.74) is 0.550. The van der Waals surface area contributed by atoms with Crippen LogP contribution in [-0.2, 0) is 9.59 Å². The van der Waals surface area contributed by atoms with Gasteiger partial charge in [-0.15, -0.1) is 0 Å². The minimum Gasteiger partial charge on any atom is -0.481 e. The third-order valence-corrected chi connectivity index (χ3v) is 3.97. The molecule has 0 aromatic heterocycles. The van der Waals surface area contributed by atoms with E-state index in [1.54, 1.807) is 43.1 Å². The van der Waals surface area contributed by atoms with Gasteiger partial charge in [-0.25, -0.2) is 0 Å². The van der Waals surface area contributed by atoms with Crippen molar-refractivity contribution in [1.82, 2.24) is 15.1 Å². The van der Waals surface area contributed by atoms with E-state index in [1.165, 1.54) is 0 Å². The molecule has 0 spiro atoms. The predicted molar refractivity (Wildman–Crippen MR) is 88.3 cm³/mol. The van der Waals surface area contributed by atoms with Gasteiger partial charge in [-0.2, -0.15) is 5.26 Å². The molecule has 1 saturated heterocycles. The molecule has 1 aromatic rings. The van der Waals surface area contributed by atoms with Gasteiger partial charge in [0, 0.05) is 33.2 Å². The van der Waals surface area contributed by atoms with E-state index in [-0.39, 0.29) is 11.8 Å². The number of carbonyl (C=O) groups is 2. The number of hydrogen-bond donors (Lipinski definition) is 1. The summed E-state index contributed by atoms with van der Waals surface area (Å²) in [6.45, 7) is 4.58. The molecule has 7 heteroatoms. The normalized spacial score (nSPS) is 16.1. The first-order valence-electron chi connectivity index (χ1n) is 7.92. The number of nitrogens with one attached hydrogen (secondary N) is 1. The molecule has 24 heavy (non-hydrogen) atoms. The zero-order valence-electron chi connectivity index (χ0n) is 14.0. The van der Waals surface area contributed by atoms with Crippen LogP contribution in [0, 0.1) is 11.3 Å². The van der Waals surface area contributed by atoms with E-state index in [0.717, 1.165) is 0 Å². The number of likely N-dealkylation sites (N-methyl/N-ethyl adjacent to an activating group) is 1. The van der Waals surface area contributed by atoms with Crippen molar-refractivity contribution in [2.24, 2.45) is 0 Å². The molecular formula is C17H22N4O3. The van der Waals surface area contributed by atoms with Gasteiger partial charge in [-0.3, -0.25) is 14.5 Å². The molecule has 1 fully saturated rings. The van der Waals surface area contributed by atoms with Crippen molar-refractivity contribution in [2.45, 2.75) is 13.0 Å². The molecule has 1 aliphatic heterocycles. The van der Waals surface area contributed by atoms with Crippen LogP contribution in [0.25, 0.3) is 0 Å². The number of piperazine rings is 1. The maximum Gasteiger partial charge on any atom is 0.263 e. The van der Waals surface area contributed by atoms with Crippen LogP contribution < -0.4 is 10.1 Å². The van der Waals surface area contributed by atoms with Crippen molar-refractivity contribution in [3.63, 3.8) is 0 Å². The van der Waals surface area contributed by atoms with Crippen molar-refractivity contribution in [1.29, 1.82) is 5.26 Å². The Morgan fingerprint density at radius 1 is 1.25 bits per heavy atom. The lowest BCUT2D eigenvalue weighted by molar-refractivity contribution is -0.139. The van der Waals surface area contributed by atoms with Crippen LogP contribution in [0.1, 0.15) is 12.5 Å². The van der Waals surface area contributed by atoms with E-state index >= 15 is 0 Å². The number of nitriles is 1. The molecule has 1 atom stereocenters. The molecule has 0 radical (unpaired) electrons. The number of carbonyl (C=O) groups excluding carboxylic acids is 2. The second-order valence-electron chi connectivity index (χ2n) is 5.67. The molecule has 128 valence electrons. The predicted octanol–water partition coefficient (Wildman–Crippen LogP) is 0.216. The standard InChI is InChI=1S/C17H22N4O3/c1-13(24-15-5-3-14(11-18)4-6-15)17(23)21-9-7-20(8-10-21)12-16(22)19-2/h3-6,13H,7-10,12H2,1-2H3,(H,19,22)/t13-/m0/s1. The lowest BCUT2D eigenvalue weighted by Crippen LogP contribution is -2.53. The van der Waals surface area contributed by atoms with Crippen LogP contribution in [0.3, 0.4) is 0 Å². The second kappa shape index (κ2) is 8.31. The van der Waals surface area contributed by atoms with Crippen LogP contribution in [-0.4, -0.2) is 67.5 Å². The first-order chi connectivity index (χ1) is 11.5. The number of ether oxygens (including phenoxy) is 1. The van der Waals surface area contributed by atoms with Gasteiger partial charge in [0.25, 0.3) is 5.91 Å². The average molecular weight is 330 g/mol. The van der Waals surface area contributed by atoms with E-state index in [0.29, 0.717) is 44.0 Å². The monoisotopic (exact) mass is 330 g/mol. The van der Waals surface area contributed by atoms with E-state index in [9.17, 15) is 9.59 Å². The summed E-state index contributed by atoms with van der Waals surface area (Å²) in [7, 11) is 1.62. The van der Waals surface area contributed by atoms with Gasteiger partial charge >= 0.3 is 0 Å². The summed E-state index contributed by atoms with van der Waals surface area (Å²) < 4.78 is 5.66. The van der Waals surface area contributed by atoms with Crippen molar-refractivity contribution in [2.75, 3.05) is 39.8 Å². The maximum absolute atomic E-state index is 12.5. The van der Waals surface area contributed by atoms with Crippen molar-refractivity contribution in [3.8, 4) is 11.8 Å². The number of benzene rings is 1. The highest BCUT2D eigenvalue weighted by Crippen LogP contribution is 2.15. The Balaban J connectivity index is 1.83.